The normalized spacial score (nSPS) is 20.3. The van der Waals surface area contributed by atoms with Crippen LogP contribution in [0.25, 0.3) is 0 Å². The molecule has 11 heavy (non-hydrogen) atoms. The van der Waals surface area contributed by atoms with Crippen molar-refractivity contribution >= 4 is 0 Å². The van der Waals surface area contributed by atoms with Crippen LogP contribution in [0.2, 0.25) is 0 Å². The SMILES string of the molecule is Cc1ccc(C2(N)CC2)n1C. The van der Waals surface area contributed by atoms with Crippen molar-refractivity contribution in [1.29, 1.82) is 0 Å². The lowest BCUT2D eigenvalue weighted by Crippen LogP contribution is -2.22. The van der Waals surface area contributed by atoms with Gasteiger partial charge in [-0.25, -0.2) is 0 Å². The Morgan fingerprint density at radius 1 is 1.45 bits per heavy atom. The van der Waals surface area contributed by atoms with E-state index in [0.29, 0.717) is 0 Å². The first-order valence-corrected chi connectivity index (χ1v) is 4.05. The van der Waals surface area contributed by atoms with E-state index in [1.807, 2.05) is 0 Å². The molecular weight excluding hydrogens is 136 g/mol. The molecule has 0 amide bonds. The van der Waals surface area contributed by atoms with E-state index in [4.69, 9.17) is 5.73 Å². The van der Waals surface area contributed by atoms with Gasteiger partial charge in [0.1, 0.15) is 0 Å². The number of rotatable bonds is 1. The van der Waals surface area contributed by atoms with E-state index < -0.39 is 0 Å². The molecule has 0 bridgehead atoms. The Kier molecular flexibility index (Phi) is 1.19. The molecule has 0 atom stereocenters. The second kappa shape index (κ2) is 1.89. The molecule has 2 heteroatoms. The summed E-state index contributed by atoms with van der Waals surface area (Å²) in [4.78, 5) is 0. The zero-order chi connectivity index (χ0) is 8.06. The number of aryl methyl sites for hydroxylation is 1. The number of hydrogen-bond donors (Lipinski definition) is 1. The smallest absolute Gasteiger partial charge is 0.0565 e. The van der Waals surface area contributed by atoms with E-state index in [1.54, 1.807) is 0 Å². The van der Waals surface area contributed by atoms with Crippen LogP contribution in [-0.4, -0.2) is 4.57 Å². The second-order valence-electron chi connectivity index (χ2n) is 3.58. The van der Waals surface area contributed by atoms with E-state index in [-0.39, 0.29) is 5.54 Å². The van der Waals surface area contributed by atoms with Crippen LogP contribution in [0, 0.1) is 6.92 Å². The van der Waals surface area contributed by atoms with Gasteiger partial charge in [0, 0.05) is 18.4 Å². The highest BCUT2D eigenvalue weighted by molar-refractivity contribution is 5.27. The highest BCUT2D eigenvalue weighted by Crippen LogP contribution is 2.42. The van der Waals surface area contributed by atoms with Crippen LogP contribution in [0.4, 0.5) is 0 Å². The summed E-state index contributed by atoms with van der Waals surface area (Å²) in [5.74, 6) is 0. The molecule has 1 heterocycles. The van der Waals surface area contributed by atoms with Gasteiger partial charge in [-0.1, -0.05) is 0 Å². The summed E-state index contributed by atoms with van der Waals surface area (Å²) in [6.07, 6.45) is 2.29. The maximum absolute atomic E-state index is 6.06. The molecule has 1 fully saturated rings. The van der Waals surface area contributed by atoms with Gasteiger partial charge in [-0.3, -0.25) is 0 Å². The van der Waals surface area contributed by atoms with E-state index >= 15 is 0 Å². The molecule has 0 radical (unpaired) electrons. The van der Waals surface area contributed by atoms with Crippen LogP contribution in [0.1, 0.15) is 24.2 Å². The van der Waals surface area contributed by atoms with Gasteiger partial charge >= 0.3 is 0 Å². The van der Waals surface area contributed by atoms with Gasteiger partial charge in [0.25, 0.3) is 0 Å². The van der Waals surface area contributed by atoms with Gasteiger partial charge in [-0.2, -0.15) is 0 Å². The van der Waals surface area contributed by atoms with E-state index in [2.05, 4.69) is 30.7 Å². The molecule has 0 aromatic carbocycles. The van der Waals surface area contributed by atoms with Crippen LogP contribution < -0.4 is 5.73 Å². The first-order valence-electron chi connectivity index (χ1n) is 4.05. The Morgan fingerprint density at radius 2 is 2.09 bits per heavy atom. The molecule has 1 aromatic rings. The van der Waals surface area contributed by atoms with Crippen molar-refractivity contribution in [1.82, 2.24) is 4.57 Å². The summed E-state index contributed by atoms with van der Waals surface area (Å²) in [5.41, 5.74) is 8.65. The highest BCUT2D eigenvalue weighted by atomic mass is 15.0. The Balaban J connectivity index is 2.45. The van der Waals surface area contributed by atoms with Gasteiger partial charge in [-0.15, -0.1) is 0 Å². The van der Waals surface area contributed by atoms with Crippen molar-refractivity contribution in [2.24, 2.45) is 12.8 Å². The molecule has 2 N–H and O–H groups in total. The quantitative estimate of drug-likeness (QED) is 0.642. The van der Waals surface area contributed by atoms with Gasteiger partial charge < -0.3 is 10.3 Å². The van der Waals surface area contributed by atoms with Crippen molar-refractivity contribution in [2.75, 3.05) is 0 Å². The lowest BCUT2D eigenvalue weighted by atomic mass is 10.2. The van der Waals surface area contributed by atoms with Gasteiger partial charge in [0.05, 0.1) is 5.54 Å². The third kappa shape index (κ3) is 0.897. The average Bonchev–Trinajstić information content (AvgIpc) is 2.60. The third-order valence-corrected chi connectivity index (χ3v) is 2.67. The van der Waals surface area contributed by atoms with Gasteiger partial charge in [0.2, 0.25) is 0 Å². The molecule has 1 aromatic heterocycles. The summed E-state index contributed by atoms with van der Waals surface area (Å²) >= 11 is 0. The molecule has 0 aliphatic heterocycles. The number of hydrogen-bond acceptors (Lipinski definition) is 1. The maximum atomic E-state index is 6.06. The standard InChI is InChI=1S/C9H14N2/c1-7-3-4-8(11(7)2)9(10)5-6-9/h3-4H,5-6,10H2,1-2H3. The lowest BCUT2D eigenvalue weighted by molar-refractivity contribution is 0.651. The minimum absolute atomic E-state index is 0.0169. The predicted molar refractivity (Wildman–Crippen MR) is 45.2 cm³/mol. The topological polar surface area (TPSA) is 30.9 Å². The Labute approximate surface area is 67.0 Å². The van der Waals surface area contributed by atoms with Crippen LogP contribution in [-0.2, 0) is 12.6 Å². The molecule has 2 nitrogen and oxygen atoms in total. The Morgan fingerprint density at radius 3 is 2.45 bits per heavy atom. The van der Waals surface area contributed by atoms with Crippen molar-refractivity contribution < 1.29 is 0 Å². The summed E-state index contributed by atoms with van der Waals surface area (Å²) in [5, 5.41) is 0. The van der Waals surface area contributed by atoms with Crippen molar-refractivity contribution in [2.45, 2.75) is 25.3 Å². The maximum Gasteiger partial charge on any atom is 0.0565 e. The zero-order valence-corrected chi connectivity index (χ0v) is 7.09. The van der Waals surface area contributed by atoms with Crippen LogP contribution in [0.5, 0.6) is 0 Å². The minimum Gasteiger partial charge on any atom is -0.350 e. The first-order chi connectivity index (χ1) is 5.13. The fourth-order valence-electron chi connectivity index (χ4n) is 1.50. The average molecular weight is 150 g/mol. The third-order valence-electron chi connectivity index (χ3n) is 2.67. The summed E-state index contributed by atoms with van der Waals surface area (Å²) in [6, 6.07) is 4.27. The van der Waals surface area contributed by atoms with E-state index in [1.165, 1.54) is 11.4 Å². The molecule has 2 rings (SSSR count). The zero-order valence-electron chi connectivity index (χ0n) is 7.09. The molecule has 1 aliphatic rings. The van der Waals surface area contributed by atoms with Crippen LogP contribution in [0.15, 0.2) is 12.1 Å². The van der Waals surface area contributed by atoms with Crippen molar-refractivity contribution in [3.05, 3.63) is 23.5 Å². The Hall–Kier alpha value is -0.760. The van der Waals surface area contributed by atoms with E-state index in [0.717, 1.165) is 12.8 Å². The van der Waals surface area contributed by atoms with E-state index in [9.17, 15) is 0 Å². The van der Waals surface area contributed by atoms with Gasteiger partial charge in [-0.05, 0) is 31.9 Å². The van der Waals surface area contributed by atoms with Gasteiger partial charge in [0.15, 0.2) is 0 Å². The highest BCUT2D eigenvalue weighted by Gasteiger charge is 2.41. The molecule has 1 saturated carbocycles. The van der Waals surface area contributed by atoms with Crippen LogP contribution in [0.3, 0.4) is 0 Å². The fourth-order valence-corrected chi connectivity index (χ4v) is 1.50. The van der Waals surface area contributed by atoms with Crippen LogP contribution >= 0.6 is 0 Å². The monoisotopic (exact) mass is 150 g/mol. The molecule has 60 valence electrons. The predicted octanol–water partition coefficient (Wildman–Crippen LogP) is 1.28. The first kappa shape index (κ1) is 6.92. The number of aromatic nitrogens is 1. The largest absolute Gasteiger partial charge is 0.350 e. The molecule has 1 aliphatic carbocycles. The Bertz CT molecular complexity index is 282. The number of nitrogens with two attached hydrogens (primary N) is 1. The summed E-state index contributed by atoms with van der Waals surface area (Å²) in [6.45, 7) is 2.11. The fraction of sp³-hybridized carbons (Fsp3) is 0.556. The molecular formula is C9H14N2. The number of nitrogens with zero attached hydrogens (tertiary/aromatic N) is 1. The molecule has 0 unspecified atom stereocenters. The minimum atomic E-state index is 0.0169. The van der Waals surface area contributed by atoms with Crippen molar-refractivity contribution in [3.63, 3.8) is 0 Å². The van der Waals surface area contributed by atoms with Crippen molar-refractivity contribution in [3.8, 4) is 0 Å². The molecule has 0 spiro atoms. The lowest BCUT2D eigenvalue weighted by Gasteiger charge is -2.10. The second-order valence-corrected chi connectivity index (χ2v) is 3.58. The summed E-state index contributed by atoms with van der Waals surface area (Å²) < 4.78 is 2.19. The summed E-state index contributed by atoms with van der Waals surface area (Å²) in [7, 11) is 2.08. The molecule has 0 saturated heterocycles.